The van der Waals surface area contributed by atoms with E-state index in [2.05, 4.69) is 0 Å². The number of rotatable bonds is 5. The predicted molar refractivity (Wildman–Crippen MR) is 69.5 cm³/mol. The molecule has 94 valence electrons. The lowest BCUT2D eigenvalue weighted by molar-refractivity contribution is -0.137. The molecule has 0 spiro atoms. The fourth-order valence-electron chi connectivity index (χ4n) is 1.59. The topological polar surface area (TPSA) is 29.5 Å². The Morgan fingerprint density at radius 1 is 1.41 bits per heavy atom. The van der Waals surface area contributed by atoms with Gasteiger partial charge in [0.25, 0.3) is 5.91 Å². The maximum atomic E-state index is 12.0. The van der Waals surface area contributed by atoms with Crippen molar-refractivity contribution in [1.82, 2.24) is 4.90 Å². The number of benzene rings is 1. The van der Waals surface area contributed by atoms with Crippen molar-refractivity contribution in [3.63, 3.8) is 0 Å². The average Bonchev–Trinajstić information content (AvgIpc) is 2.30. The zero-order valence-electron chi connectivity index (χ0n) is 10.4. The first-order chi connectivity index (χ1) is 8.08. The lowest BCUT2D eigenvalue weighted by atomic mass is 10.3. The summed E-state index contributed by atoms with van der Waals surface area (Å²) in [5, 5.41) is 0.602. The van der Waals surface area contributed by atoms with Crippen LogP contribution >= 0.6 is 11.6 Å². The second kappa shape index (κ2) is 6.50. The molecule has 1 rings (SSSR count). The SMILES string of the molecule is CCN(CC)C(=O)[C@@H](C)Oc1cccc(Cl)c1. The molecular weight excluding hydrogens is 238 g/mol. The Hall–Kier alpha value is -1.22. The summed E-state index contributed by atoms with van der Waals surface area (Å²) in [4.78, 5) is 13.7. The molecule has 1 atom stereocenters. The standard InChI is InChI=1S/C13H18ClNO2/c1-4-15(5-2)13(16)10(3)17-12-8-6-7-11(14)9-12/h6-10H,4-5H2,1-3H3/t10-/m1/s1. The first kappa shape index (κ1) is 13.8. The van der Waals surface area contributed by atoms with Gasteiger partial charge in [0, 0.05) is 18.1 Å². The van der Waals surface area contributed by atoms with Gasteiger partial charge in [-0.25, -0.2) is 0 Å². The maximum Gasteiger partial charge on any atom is 0.263 e. The van der Waals surface area contributed by atoms with Gasteiger partial charge in [-0.15, -0.1) is 0 Å². The van der Waals surface area contributed by atoms with E-state index in [-0.39, 0.29) is 5.91 Å². The molecule has 1 amide bonds. The van der Waals surface area contributed by atoms with Gasteiger partial charge in [-0.2, -0.15) is 0 Å². The van der Waals surface area contributed by atoms with Crippen molar-refractivity contribution in [3.05, 3.63) is 29.3 Å². The molecule has 0 aliphatic carbocycles. The summed E-state index contributed by atoms with van der Waals surface area (Å²) in [6.07, 6.45) is -0.492. The zero-order chi connectivity index (χ0) is 12.8. The third-order valence-electron chi connectivity index (χ3n) is 2.53. The van der Waals surface area contributed by atoms with Crippen LogP contribution in [-0.4, -0.2) is 30.0 Å². The zero-order valence-corrected chi connectivity index (χ0v) is 11.2. The molecule has 0 bridgehead atoms. The number of amides is 1. The number of ether oxygens (including phenoxy) is 1. The first-order valence-corrected chi connectivity index (χ1v) is 6.17. The minimum Gasteiger partial charge on any atom is -0.481 e. The van der Waals surface area contributed by atoms with Gasteiger partial charge < -0.3 is 9.64 Å². The molecule has 0 saturated heterocycles. The Morgan fingerprint density at radius 3 is 2.59 bits per heavy atom. The number of likely N-dealkylation sites (N-methyl/N-ethyl adjacent to an activating group) is 1. The van der Waals surface area contributed by atoms with Gasteiger partial charge >= 0.3 is 0 Å². The Kier molecular flexibility index (Phi) is 5.29. The van der Waals surface area contributed by atoms with E-state index >= 15 is 0 Å². The van der Waals surface area contributed by atoms with E-state index in [4.69, 9.17) is 16.3 Å². The minimum atomic E-state index is -0.492. The van der Waals surface area contributed by atoms with Gasteiger partial charge in [-0.1, -0.05) is 17.7 Å². The summed E-state index contributed by atoms with van der Waals surface area (Å²) in [5.74, 6) is 0.612. The second-order valence-electron chi connectivity index (χ2n) is 3.73. The smallest absolute Gasteiger partial charge is 0.263 e. The second-order valence-corrected chi connectivity index (χ2v) is 4.16. The number of hydrogen-bond donors (Lipinski definition) is 0. The van der Waals surface area contributed by atoms with Crippen molar-refractivity contribution in [2.45, 2.75) is 26.9 Å². The molecule has 17 heavy (non-hydrogen) atoms. The van der Waals surface area contributed by atoms with E-state index in [1.807, 2.05) is 13.8 Å². The molecule has 0 aliphatic rings. The van der Waals surface area contributed by atoms with Crippen LogP contribution in [0.3, 0.4) is 0 Å². The van der Waals surface area contributed by atoms with Crippen LogP contribution in [0, 0.1) is 0 Å². The monoisotopic (exact) mass is 255 g/mol. The van der Waals surface area contributed by atoms with E-state index in [1.54, 1.807) is 36.1 Å². The van der Waals surface area contributed by atoms with Gasteiger partial charge in [0.2, 0.25) is 0 Å². The van der Waals surface area contributed by atoms with Crippen LogP contribution in [0.4, 0.5) is 0 Å². The summed E-state index contributed by atoms with van der Waals surface area (Å²) in [6.45, 7) is 7.04. The number of carbonyl (C=O) groups is 1. The van der Waals surface area contributed by atoms with E-state index in [1.165, 1.54) is 0 Å². The van der Waals surface area contributed by atoms with E-state index in [0.717, 1.165) is 0 Å². The van der Waals surface area contributed by atoms with Crippen molar-refractivity contribution < 1.29 is 9.53 Å². The van der Waals surface area contributed by atoms with Crippen LogP contribution < -0.4 is 4.74 Å². The van der Waals surface area contributed by atoms with Gasteiger partial charge in [0.15, 0.2) is 6.10 Å². The molecule has 0 saturated carbocycles. The average molecular weight is 256 g/mol. The number of halogens is 1. The van der Waals surface area contributed by atoms with Gasteiger partial charge in [0.05, 0.1) is 0 Å². The Labute approximate surface area is 107 Å². The molecule has 0 heterocycles. The van der Waals surface area contributed by atoms with E-state index in [9.17, 15) is 4.79 Å². The summed E-state index contributed by atoms with van der Waals surface area (Å²) in [6, 6.07) is 7.06. The highest BCUT2D eigenvalue weighted by molar-refractivity contribution is 6.30. The summed E-state index contributed by atoms with van der Waals surface area (Å²) in [5.41, 5.74) is 0. The first-order valence-electron chi connectivity index (χ1n) is 5.79. The Bertz CT molecular complexity index is 377. The largest absolute Gasteiger partial charge is 0.481 e. The van der Waals surface area contributed by atoms with Gasteiger partial charge in [-0.3, -0.25) is 4.79 Å². The van der Waals surface area contributed by atoms with Crippen molar-refractivity contribution in [3.8, 4) is 5.75 Å². The van der Waals surface area contributed by atoms with Crippen LogP contribution in [0.2, 0.25) is 5.02 Å². The summed E-state index contributed by atoms with van der Waals surface area (Å²) < 4.78 is 5.57. The van der Waals surface area contributed by atoms with Crippen molar-refractivity contribution in [2.75, 3.05) is 13.1 Å². The third-order valence-corrected chi connectivity index (χ3v) is 2.77. The Balaban J connectivity index is 2.65. The molecule has 1 aromatic carbocycles. The molecule has 0 N–H and O–H groups in total. The van der Waals surface area contributed by atoms with E-state index < -0.39 is 6.10 Å². The number of nitrogens with zero attached hydrogens (tertiary/aromatic N) is 1. The normalized spacial score (nSPS) is 12.0. The summed E-state index contributed by atoms with van der Waals surface area (Å²) in [7, 11) is 0. The molecule has 0 unspecified atom stereocenters. The van der Waals surface area contributed by atoms with Crippen LogP contribution in [-0.2, 0) is 4.79 Å². The number of hydrogen-bond acceptors (Lipinski definition) is 2. The highest BCUT2D eigenvalue weighted by atomic mass is 35.5. The molecule has 4 heteroatoms. The van der Waals surface area contributed by atoms with Crippen molar-refractivity contribution in [2.24, 2.45) is 0 Å². The molecule has 0 radical (unpaired) electrons. The minimum absolute atomic E-state index is 0.00465. The predicted octanol–water partition coefficient (Wildman–Crippen LogP) is 2.98. The van der Waals surface area contributed by atoms with Crippen LogP contribution in [0.5, 0.6) is 5.75 Å². The van der Waals surface area contributed by atoms with Crippen molar-refractivity contribution >= 4 is 17.5 Å². The lowest BCUT2D eigenvalue weighted by Crippen LogP contribution is -2.40. The number of carbonyl (C=O) groups excluding carboxylic acids is 1. The third kappa shape index (κ3) is 3.93. The van der Waals surface area contributed by atoms with E-state index in [0.29, 0.717) is 23.9 Å². The molecule has 0 aliphatic heterocycles. The Morgan fingerprint density at radius 2 is 2.06 bits per heavy atom. The van der Waals surface area contributed by atoms with Crippen LogP contribution in [0.15, 0.2) is 24.3 Å². The molecule has 0 aromatic heterocycles. The fourth-order valence-corrected chi connectivity index (χ4v) is 1.77. The summed E-state index contributed by atoms with van der Waals surface area (Å²) >= 11 is 5.85. The van der Waals surface area contributed by atoms with Gasteiger partial charge in [0.1, 0.15) is 5.75 Å². The molecule has 0 fully saturated rings. The maximum absolute atomic E-state index is 12.0. The highest BCUT2D eigenvalue weighted by Gasteiger charge is 2.19. The van der Waals surface area contributed by atoms with Gasteiger partial charge in [-0.05, 0) is 39.0 Å². The lowest BCUT2D eigenvalue weighted by Gasteiger charge is -2.23. The molecular formula is C13H18ClNO2. The molecule has 1 aromatic rings. The van der Waals surface area contributed by atoms with Crippen LogP contribution in [0.1, 0.15) is 20.8 Å². The van der Waals surface area contributed by atoms with Crippen molar-refractivity contribution in [1.29, 1.82) is 0 Å². The fraction of sp³-hybridized carbons (Fsp3) is 0.462. The highest BCUT2D eigenvalue weighted by Crippen LogP contribution is 2.18. The molecule has 3 nitrogen and oxygen atoms in total. The quantitative estimate of drug-likeness (QED) is 0.810. The van der Waals surface area contributed by atoms with Crippen LogP contribution in [0.25, 0.3) is 0 Å².